The Kier molecular flexibility index (Phi) is 5.65. The lowest BCUT2D eigenvalue weighted by Gasteiger charge is -2.12. The Balaban J connectivity index is 1.38. The third-order valence-corrected chi connectivity index (χ3v) is 9.08. The first-order chi connectivity index (χ1) is 23.7. The van der Waals surface area contributed by atoms with Crippen LogP contribution in [0.4, 0.5) is 0 Å². The van der Waals surface area contributed by atoms with Crippen LogP contribution in [0, 0.1) is 6.92 Å². The summed E-state index contributed by atoms with van der Waals surface area (Å²) in [7, 11) is 0. The van der Waals surface area contributed by atoms with Crippen LogP contribution in [0.25, 0.3) is 89.5 Å². The molecule has 0 amide bonds. The Morgan fingerprint density at radius 2 is 1.02 bits per heavy atom. The predicted molar refractivity (Wildman–Crippen MR) is 192 cm³/mol. The maximum atomic E-state index is 6.53. The fourth-order valence-electron chi connectivity index (χ4n) is 6.92. The van der Waals surface area contributed by atoms with E-state index < -0.39 is 0 Å². The van der Waals surface area contributed by atoms with Crippen molar-refractivity contribution in [1.82, 2.24) is 29.1 Å². The molecule has 0 radical (unpaired) electrons. The third kappa shape index (κ3) is 3.94. The van der Waals surface area contributed by atoms with Gasteiger partial charge in [-0.25, -0.2) is 4.98 Å². The van der Waals surface area contributed by atoms with E-state index in [4.69, 9.17) is 24.4 Å². The summed E-state index contributed by atoms with van der Waals surface area (Å²) in [5.74, 6) is 1.74. The molecule has 7 nitrogen and oxygen atoms in total. The molecule has 0 N–H and O–H groups in total. The molecule has 10 rings (SSSR count). The van der Waals surface area contributed by atoms with Crippen LogP contribution in [0.3, 0.4) is 0 Å². The van der Waals surface area contributed by atoms with Crippen molar-refractivity contribution in [3.8, 4) is 34.7 Å². The van der Waals surface area contributed by atoms with Gasteiger partial charge in [-0.3, -0.25) is 9.13 Å². The van der Waals surface area contributed by atoms with Gasteiger partial charge in [0.15, 0.2) is 17.2 Å². The normalized spacial score (nSPS) is 11.9. The molecule has 0 spiro atoms. The third-order valence-electron chi connectivity index (χ3n) is 9.08. The van der Waals surface area contributed by atoms with Crippen LogP contribution in [0.15, 0.2) is 144 Å². The summed E-state index contributed by atoms with van der Waals surface area (Å²) in [6, 6.07) is 48.0. The van der Waals surface area contributed by atoms with E-state index in [0.29, 0.717) is 23.6 Å². The number of fused-ring (bicyclic) bond motifs is 8. The number of hydrogen-bond donors (Lipinski definition) is 0. The number of aryl methyl sites for hydroxylation is 1. The Bertz CT molecular complexity index is 2790. The van der Waals surface area contributed by atoms with E-state index in [-0.39, 0.29) is 0 Å². The number of nitrogens with zero attached hydrogens (tertiary/aromatic N) is 6. The highest BCUT2D eigenvalue weighted by Crippen LogP contribution is 2.41. The summed E-state index contributed by atoms with van der Waals surface area (Å²) in [5.41, 5.74) is 8.45. The molecule has 10 aromatic rings. The van der Waals surface area contributed by atoms with Crippen LogP contribution in [0.1, 0.15) is 5.56 Å². The summed E-state index contributed by atoms with van der Waals surface area (Å²) >= 11 is 0. The molecule has 0 unspecified atom stereocenters. The maximum absolute atomic E-state index is 6.53. The van der Waals surface area contributed by atoms with Gasteiger partial charge >= 0.3 is 6.01 Å². The molecule has 226 valence electrons. The summed E-state index contributed by atoms with van der Waals surface area (Å²) in [4.78, 5) is 20.3. The molecule has 0 saturated heterocycles. The molecule has 0 atom stereocenters. The van der Waals surface area contributed by atoms with Crippen molar-refractivity contribution in [3.63, 3.8) is 0 Å². The SMILES string of the molecule is Cc1ccc2nc(-n3c4ccccc4c4ccc5c6ccccc6n(-c6nc(-c7ccccc7)nc(-c7ccccc7)n6)c5c43)oc2c1. The van der Waals surface area contributed by atoms with Crippen molar-refractivity contribution >= 4 is 54.7 Å². The predicted octanol–water partition coefficient (Wildman–Crippen LogP) is 9.85. The van der Waals surface area contributed by atoms with E-state index in [0.717, 1.165) is 71.4 Å². The Hall–Kier alpha value is -6.60. The molecule has 4 aromatic heterocycles. The molecular formula is C41H26N6O. The number of aromatic nitrogens is 6. The minimum Gasteiger partial charge on any atom is -0.423 e. The van der Waals surface area contributed by atoms with E-state index in [1.54, 1.807) is 0 Å². The molecule has 0 fully saturated rings. The van der Waals surface area contributed by atoms with E-state index in [1.165, 1.54) is 0 Å². The van der Waals surface area contributed by atoms with E-state index >= 15 is 0 Å². The second kappa shape index (κ2) is 10.2. The summed E-state index contributed by atoms with van der Waals surface area (Å²) < 4.78 is 10.9. The lowest BCUT2D eigenvalue weighted by atomic mass is 10.1. The van der Waals surface area contributed by atoms with Crippen molar-refractivity contribution in [2.24, 2.45) is 0 Å². The Morgan fingerprint density at radius 3 is 1.65 bits per heavy atom. The van der Waals surface area contributed by atoms with Gasteiger partial charge in [-0.2, -0.15) is 15.0 Å². The van der Waals surface area contributed by atoms with Crippen molar-refractivity contribution in [1.29, 1.82) is 0 Å². The van der Waals surface area contributed by atoms with Gasteiger partial charge < -0.3 is 4.42 Å². The minimum atomic E-state index is 0.511. The monoisotopic (exact) mass is 618 g/mol. The number of oxazole rings is 1. The topological polar surface area (TPSA) is 74.6 Å². The van der Waals surface area contributed by atoms with Crippen LogP contribution in [-0.2, 0) is 0 Å². The first-order valence-electron chi connectivity index (χ1n) is 15.9. The van der Waals surface area contributed by atoms with Gasteiger partial charge in [-0.1, -0.05) is 115 Å². The molecular weight excluding hydrogens is 592 g/mol. The van der Waals surface area contributed by atoms with Crippen LogP contribution < -0.4 is 0 Å². The zero-order valence-corrected chi connectivity index (χ0v) is 25.9. The molecule has 0 aliphatic heterocycles. The smallest absolute Gasteiger partial charge is 0.307 e. The fourth-order valence-corrected chi connectivity index (χ4v) is 6.92. The molecule has 0 bridgehead atoms. The average Bonchev–Trinajstić information content (AvgIpc) is 3.81. The standard InChI is InChI=1S/C41H26N6O/c1-25-20-23-32-35(24-25)48-41(42-32)47-34-19-11-9-17-29(34)31-22-21-30-28-16-8-10-18-33(28)46(36(30)37(31)47)40-44-38(26-12-4-2-5-13-26)43-39(45-40)27-14-6-3-7-15-27/h2-24H,1H3. The van der Waals surface area contributed by atoms with Gasteiger partial charge in [0.05, 0.1) is 22.1 Å². The van der Waals surface area contributed by atoms with E-state index in [2.05, 4.69) is 82.8 Å². The summed E-state index contributed by atoms with van der Waals surface area (Å²) in [6.07, 6.45) is 0. The van der Waals surface area contributed by atoms with E-state index in [9.17, 15) is 0 Å². The number of hydrogen-bond acceptors (Lipinski definition) is 5. The maximum Gasteiger partial charge on any atom is 0.307 e. The molecule has 0 aliphatic carbocycles. The van der Waals surface area contributed by atoms with Crippen molar-refractivity contribution < 1.29 is 4.42 Å². The molecule has 48 heavy (non-hydrogen) atoms. The van der Waals surface area contributed by atoms with Crippen LogP contribution in [0.2, 0.25) is 0 Å². The van der Waals surface area contributed by atoms with Gasteiger partial charge in [0, 0.05) is 32.7 Å². The lowest BCUT2D eigenvalue weighted by molar-refractivity contribution is 0.574. The van der Waals surface area contributed by atoms with Crippen molar-refractivity contribution in [2.45, 2.75) is 6.92 Å². The second-order valence-electron chi connectivity index (χ2n) is 12.0. The van der Waals surface area contributed by atoms with Gasteiger partial charge in [0.25, 0.3) is 0 Å². The van der Waals surface area contributed by atoms with Crippen LogP contribution in [-0.4, -0.2) is 29.1 Å². The Labute approximate surface area is 274 Å². The zero-order chi connectivity index (χ0) is 31.8. The number of benzene rings is 6. The summed E-state index contributed by atoms with van der Waals surface area (Å²) in [5, 5.41) is 4.37. The minimum absolute atomic E-state index is 0.511. The molecule has 6 aromatic carbocycles. The quantitative estimate of drug-likeness (QED) is 0.196. The lowest BCUT2D eigenvalue weighted by Crippen LogP contribution is -2.07. The highest BCUT2D eigenvalue weighted by Gasteiger charge is 2.24. The van der Waals surface area contributed by atoms with Gasteiger partial charge in [0.1, 0.15) is 5.52 Å². The molecule has 4 heterocycles. The van der Waals surface area contributed by atoms with Crippen molar-refractivity contribution in [2.75, 3.05) is 0 Å². The first-order valence-corrected chi connectivity index (χ1v) is 15.9. The zero-order valence-electron chi connectivity index (χ0n) is 25.9. The fraction of sp³-hybridized carbons (Fsp3) is 0.0244. The first kappa shape index (κ1) is 26.6. The molecule has 7 heteroatoms. The number of para-hydroxylation sites is 2. The molecule has 0 saturated carbocycles. The Morgan fingerprint density at radius 1 is 0.479 bits per heavy atom. The average molecular weight is 619 g/mol. The van der Waals surface area contributed by atoms with Gasteiger partial charge in [-0.15, -0.1) is 0 Å². The second-order valence-corrected chi connectivity index (χ2v) is 12.0. The highest BCUT2D eigenvalue weighted by molar-refractivity contribution is 6.23. The van der Waals surface area contributed by atoms with Gasteiger partial charge in [0.2, 0.25) is 5.95 Å². The van der Waals surface area contributed by atoms with E-state index in [1.807, 2.05) is 72.8 Å². The number of rotatable bonds is 4. The largest absolute Gasteiger partial charge is 0.423 e. The van der Waals surface area contributed by atoms with Crippen molar-refractivity contribution in [3.05, 3.63) is 145 Å². The molecule has 0 aliphatic rings. The van der Waals surface area contributed by atoms with Crippen LogP contribution >= 0.6 is 0 Å². The van der Waals surface area contributed by atoms with Gasteiger partial charge in [-0.05, 0) is 36.8 Å². The van der Waals surface area contributed by atoms with Crippen LogP contribution in [0.5, 0.6) is 0 Å². The summed E-state index contributed by atoms with van der Waals surface area (Å²) in [6.45, 7) is 2.06. The highest BCUT2D eigenvalue weighted by atomic mass is 16.4.